The molecule has 0 saturated carbocycles. The van der Waals surface area contributed by atoms with Crippen LogP contribution in [0.25, 0.3) is 5.69 Å². The molecule has 0 atom stereocenters. The summed E-state index contributed by atoms with van der Waals surface area (Å²) in [4.78, 5) is 27.2. The maximum atomic E-state index is 12.9. The number of carbonyl (C=O) groups excluding carboxylic acids is 1. The van der Waals surface area contributed by atoms with Crippen LogP contribution in [0.3, 0.4) is 0 Å². The first kappa shape index (κ1) is 12.7. The van der Waals surface area contributed by atoms with E-state index in [-0.39, 0.29) is 11.5 Å². The fourth-order valence-corrected chi connectivity index (χ4v) is 1.63. The Kier molecular flexibility index (Phi) is 3.28. The monoisotopic (exact) mass is 262 g/mol. The van der Waals surface area contributed by atoms with Crippen LogP contribution in [0.5, 0.6) is 0 Å². The van der Waals surface area contributed by atoms with E-state index in [1.165, 1.54) is 24.3 Å². The number of rotatable bonds is 3. The summed E-state index contributed by atoms with van der Waals surface area (Å²) in [6.07, 6.45) is 1.11. The summed E-state index contributed by atoms with van der Waals surface area (Å²) < 4.78 is 14.1. The molecule has 0 aliphatic heterocycles. The van der Waals surface area contributed by atoms with Crippen LogP contribution in [0.15, 0.2) is 35.3 Å². The van der Waals surface area contributed by atoms with Gasteiger partial charge in [0.15, 0.2) is 0 Å². The maximum absolute atomic E-state index is 12.9. The molecule has 0 bridgehead atoms. The largest absolute Gasteiger partial charge is 0.365 e. The summed E-state index contributed by atoms with van der Waals surface area (Å²) in [6, 6.07) is 5.23. The van der Waals surface area contributed by atoms with Gasteiger partial charge in [0, 0.05) is 13.2 Å². The minimum atomic E-state index is -0.865. The highest BCUT2D eigenvalue weighted by molar-refractivity contribution is 5.92. The number of hydrogen-bond donors (Lipinski definition) is 2. The van der Waals surface area contributed by atoms with Crippen molar-refractivity contribution in [3.05, 3.63) is 52.2 Å². The lowest BCUT2D eigenvalue weighted by Gasteiger charge is -2.12. The zero-order valence-electron chi connectivity index (χ0n) is 10.1. The molecule has 6 nitrogen and oxygen atoms in total. The SMILES string of the molecule is CNc1ncc(C(N)=O)c(=O)n1-c1ccc(F)cc1. The van der Waals surface area contributed by atoms with Crippen molar-refractivity contribution in [1.29, 1.82) is 0 Å². The Bertz CT molecular complexity index is 679. The Morgan fingerprint density at radius 2 is 2.00 bits per heavy atom. The van der Waals surface area contributed by atoms with Crippen LogP contribution in [-0.2, 0) is 0 Å². The quantitative estimate of drug-likeness (QED) is 0.843. The molecule has 98 valence electrons. The van der Waals surface area contributed by atoms with Gasteiger partial charge in [0.1, 0.15) is 11.4 Å². The van der Waals surface area contributed by atoms with Crippen molar-refractivity contribution in [2.45, 2.75) is 0 Å². The molecule has 1 aromatic heterocycles. The molecule has 7 heteroatoms. The van der Waals surface area contributed by atoms with E-state index in [1.54, 1.807) is 7.05 Å². The van der Waals surface area contributed by atoms with Gasteiger partial charge in [-0.25, -0.2) is 13.9 Å². The summed E-state index contributed by atoms with van der Waals surface area (Å²) in [5.41, 5.74) is 4.64. The van der Waals surface area contributed by atoms with Crippen molar-refractivity contribution in [2.75, 3.05) is 12.4 Å². The maximum Gasteiger partial charge on any atom is 0.272 e. The second-order valence-electron chi connectivity index (χ2n) is 3.73. The second kappa shape index (κ2) is 4.89. The number of benzene rings is 1. The van der Waals surface area contributed by atoms with Crippen LogP contribution < -0.4 is 16.6 Å². The van der Waals surface area contributed by atoms with Gasteiger partial charge in [0.2, 0.25) is 5.95 Å². The van der Waals surface area contributed by atoms with E-state index in [1.807, 2.05) is 0 Å². The van der Waals surface area contributed by atoms with Crippen molar-refractivity contribution in [3.8, 4) is 5.69 Å². The van der Waals surface area contributed by atoms with Crippen LogP contribution in [-0.4, -0.2) is 22.5 Å². The summed E-state index contributed by atoms with van der Waals surface area (Å²) in [7, 11) is 1.58. The Morgan fingerprint density at radius 3 is 2.53 bits per heavy atom. The minimum Gasteiger partial charge on any atom is -0.365 e. The first-order valence-corrected chi connectivity index (χ1v) is 5.40. The molecule has 19 heavy (non-hydrogen) atoms. The van der Waals surface area contributed by atoms with Gasteiger partial charge in [-0.3, -0.25) is 9.59 Å². The summed E-state index contributed by atoms with van der Waals surface area (Å²) in [6.45, 7) is 0. The van der Waals surface area contributed by atoms with Crippen LogP contribution in [0.2, 0.25) is 0 Å². The fourth-order valence-electron chi connectivity index (χ4n) is 1.63. The van der Waals surface area contributed by atoms with E-state index in [0.717, 1.165) is 10.8 Å². The summed E-state index contributed by atoms with van der Waals surface area (Å²) in [5, 5.41) is 2.72. The molecular weight excluding hydrogens is 251 g/mol. The van der Waals surface area contributed by atoms with Gasteiger partial charge in [-0.15, -0.1) is 0 Å². The zero-order valence-corrected chi connectivity index (χ0v) is 10.1. The molecule has 0 aliphatic carbocycles. The highest BCUT2D eigenvalue weighted by Crippen LogP contribution is 2.12. The van der Waals surface area contributed by atoms with Crippen LogP contribution in [0, 0.1) is 5.82 Å². The van der Waals surface area contributed by atoms with E-state index in [9.17, 15) is 14.0 Å². The molecule has 0 fully saturated rings. The number of primary amides is 1. The molecule has 0 spiro atoms. The van der Waals surface area contributed by atoms with E-state index < -0.39 is 17.3 Å². The third kappa shape index (κ3) is 2.30. The third-order valence-corrected chi connectivity index (χ3v) is 2.54. The number of aromatic nitrogens is 2. The van der Waals surface area contributed by atoms with Crippen molar-refractivity contribution < 1.29 is 9.18 Å². The molecule has 1 heterocycles. The third-order valence-electron chi connectivity index (χ3n) is 2.54. The molecule has 0 unspecified atom stereocenters. The van der Waals surface area contributed by atoms with Crippen molar-refractivity contribution in [2.24, 2.45) is 5.73 Å². The van der Waals surface area contributed by atoms with Crippen LogP contribution in [0.4, 0.5) is 10.3 Å². The van der Waals surface area contributed by atoms with Crippen LogP contribution >= 0.6 is 0 Å². The average Bonchev–Trinajstić information content (AvgIpc) is 2.39. The van der Waals surface area contributed by atoms with E-state index in [0.29, 0.717) is 5.69 Å². The minimum absolute atomic E-state index is 0.224. The summed E-state index contributed by atoms with van der Waals surface area (Å²) >= 11 is 0. The van der Waals surface area contributed by atoms with E-state index in [4.69, 9.17) is 5.73 Å². The Hall–Kier alpha value is -2.70. The molecule has 1 aromatic carbocycles. The van der Waals surface area contributed by atoms with Crippen molar-refractivity contribution in [1.82, 2.24) is 9.55 Å². The molecule has 0 radical (unpaired) electrons. The standard InChI is InChI=1S/C12H11FN4O2/c1-15-12-16-6-9(10(14)18)11(19)17(12)8-4-2-7(13)3-5-8/h2-6H,1H3,(H2,14,18)(H,15,16). The molecule has 3 N–H and O–H groups in total. The highest BCUT2D eigenvalue weighted by atomic mass is 19.1. The molecule has 2 rings (SSSR count). The van der Waals surface area contributed by atoms with Gasteiger partial charge in [0.05, 0.1) is 5.69 Å². The van der Waals surface area contributed by atoms with E-state index >= 15 is 0 Å². The lowest BCUT2D eigenvalue weighted by atomic mass is 10.2. The Labute approximate surface area is 107 Å². The predicted molar refractivity (Wildman–Crippen MR) is 67.9 cm³/mol. The second-order valence-corrected chi connectivity index (χ2v) is 3.73. The van der Waals surface area contributed by atoms with Gasteiger partial charge in [0.25, 0.3) is 11.5 Å². The topological polar surface area (TPSA) is 90.0 Å². The van der Waals surface area contributed by atoms with E-state index in [2.05, 4.69) is 10.3 Å². The van der Waals surface area contributed by atoms with Crippen molar-refractivity contribution in [3.63, 3.8) is 0 Å². The Balaban J connectivity index is 2.73. The first-order valence-electron chi connectivity index (χ1n) is 5.40. The molecule has 2 aromatic rings. The van der Waals surface area contributed by atoms with Gasteiger partial charge in [-0.2, -0.15) is 0 Å². The number of halogens is 1. The normalized spacial score (nSPS) is 10.2. The number of carbonyl (C=O) groups is 1. The van der Waals surface area contributed by atoms with Gasteiger partial charge in [-0.05, 0) is 24.3 Å². The number of nitrogens with zero attached hydrogens (tertiary/aromatic N) is 2. The lowest BCUT2D eigenvalue weighted by molar-refractivity contribution is 0.0998. The first-order chi connectivity index (χ1) is 9.04. The van der Waals surface area contributed by atoms with Gasteiger partial charge >= 0.3 is 0 Å². The summed E-state index contributed by atoms with van der Waals surface area (Å²) in [5.74, 6) is -1.07. The number of hydrogen-bond acceptors (Lipinski definition) is 4. The van der Waals surface area contributed by atoms with Gasteiger partial charge < -0.3 is 11.1 Å². The number of anilines is 1. The predicted octanol–water partition coefficient (Wildman–Crippen LogP) is 0.512. The van der Waals surface area contributed by atoms with Crippen LogP contribution in [0.1, 0.15) is 10.4 Å². The lowest BCUT2D eigenvalue weighted by Crippen LogP contribution is -2.30. The number of nitrogens with one attached hydrogen (secondary N) is 1. The van der Waals surface area contributed by atoms with Crippen molar-refractivity contribution >= 4 is 11.9 Å². The molecule has 0 aliphatic rings. The fraction of sp³-hybridized carbons (Fsp3) is 0.0833. The van der Waals surface area contributed by atoms with Gasteiger partial charge in [-0.1, -0.05) is 0 Å². The smallest absolute Gasteiger partial charge is 0.272 e. The average molecular weight is 262 g/mol. The molecule has 1 amide bonds. The number of amides is 1. The Morgan fingerprint density at radius 1 is 1.37 bits per heavy atom. The molecular formula is C12H11FN4O2. The number of nitrogens with two attached hydrogens (primary N) is 1. The highest BCUT2D eigenvalue weighted by Gasteiger charge is 2.14. The molecule has 0 saturated heterocycles. The zero-order chi connectivity index (χ0) is 14.0.